The fourth-order valence-corrected chi connectivity index (χ4v) is 4.44. The lowest BCUT2D eigenvalue weighted by Gasteiger charge is -2.20. The van der Waals surface area contributed by atoms with Crippen LogP contribution in [0.3, 0.4) is 0 Å². The van der Waals surface area contributed by atoms with E-state index in [1.165, 1.54) is 16.6 Å². The number of rotatable bonds is 7. The van der Waals surface area contributed by atoms with Crippen molar-refractivity contribution in [3.05, 3.63) is 18.0 Å². The summed E-state index contributed by atoms with van der Waals surface area (Å²) in [5.41, 5.74) is 0.0725. The van der Waals surface area contributed by atoms with Crippen molar-refractivity contribution < 1.29 is 18.3 Å². The normalized spacial score (nSPS) is 19.1. The van der Waals surface area contributed by atoms with Gasteiger partial charge in [0.1, 0.15) is 10.6 Å². The average Bonchev–Trinajstić information content (AvgIpc) is 3.34. The van der Waals surface area contributed by atoms with Gasteiger partial charge in [-0.25, -0.2) is 13.2 Å². The van der Waals surface area contributed by atoms with Crippen LogP contribution in [0.5, 0.6) is 0 Å². The highest BCUT2D eigenvalue weighted by Crippen LogP contribution is 2.38. The maximum absolute atomic E-state index is 12.8. The average molecular weight is 312 g/mol. The topological polar surface area (TPSA) is 79.6 Å². The summed E-state index contributed by atoms with van der Waals surface area (Å²) >= 11 is 0. The molecule has 2 aliphatic carbocycles. The molecule has 0 atom stereocenters. The van der Waals surface area contributed by atoms with Crippen molar-refractivity contribution in [2.24, 2.45) is 0 Å². The quantitative estimate of drug-likeness (QED) is 0.836. The lowest BCUT2D eigenvalue weighted by atomic mass is 10.4. The molecule has 0 amide bonds. The molecule has 0 bridgehead atoms. The first-order valence-electron chi connectivity index (χ1n) is 7.42. The van der Waals surface area contributed by atoms with E-state index in [0.29, 0.717) is 6.54 Å². The van der Waals surface area contributed by atoms with E-state index in [2.05, 4.69) is 0 Å². The molecule has 1 aromatic rings. The van der Waals surface area contributed by atoms with Gasteiger partial charge in [-0.2, -0.15) is 4.31 Å². The first-order valence-corrected chi connectivity index (χ1v) is 8.86. The molecule has 6 nitrogen and oxygen atoms in total. The van der Waals surface area contributed by atoms with Crippen molar-refractivity contribution in [2.45, 2.75) is 56.0 Å². The molecule has 2 saturated carbocycles. The lowest BCUT2D eigenvalue weighted by Crippen LogP contribution is -2.33. The van der Waals surface area contributed by atoms with Crippen LogP contribution in [-0.4, -0.2) is 41.0 Å². The molecule has 1 heterocycles. The third kappa shape index (κ3) is 2.72. The molecule has 0 aromatic carbocycles. The minimum Gasteiger partial charge on any atom is -0.477 e. The van der Waals surface area contributed by atoms with Gasteiger partial charge < -0.3 is 9.67 Å². The number of sulfonamides is 1. The van der Waals surface area contributed by atoms with E-state index in [0.717, 1.165) is 32.1 Å². The third-order valence-corrected chi connectivity index (χ3v) is 5.90. The van der Waals surface area contributed by atoms with Crippen LogP contribution in [0, 0.1) is 0 Å². The molecule has 2 aliphatic rings. The van der Waals surface area contributed by atoms with Crippen LogP contribution in [0.1, 0.15) is 55.6 Å². The Balaban J connectivity index is 1.98. The van der Waals surface area contributed by atoms with Gasteiger partial charge in [-0.3, -0.25) is 0 Å². The molecule has 3 rings (SSSR count). The second kappa shape index (κ2) is 5.14. The Hall–Kier alpha value is -1.34. The lowest BCUT2D eigenvalue weighted by molar-refractivity contribution is 0.0685. The summed E-state index contributed by atoms with van der Waals surface area (Å²) in [5, 5.41) is 9.26. The fourth-order valence-electron chi connectivity index (χ4n) is 2.64. The van der Waals surface area contributed by atoms with E-state index in [1.807, 2.05) is 6.92 Å². The fraction of sp³-hybridized carbons (Fsp3) is 0.643. The van der Waals surface area contributed by atoms with Crippen molar-refractivity contribution in [1.29, 1.82) is 0 Å². The van der Waals surface area contributed by atoms with Gasteiger partial charge in [-0.1, -0.05) is 6.92 Å². The minimum absolute atomic E-state index is 0.0725. The number of aromatic carboxylic acids is 1. The van der Waals surface area contributed by atoms with Gasteiger partial charge in [0.25, 0.3) is 0 Å². The molecular weight excluding hydrogens is 292 g/mol. The van der Waals surface area contributed by atoms with Crippen LogP contribution < -0.4 is 0 Å². The number of hydrogen-bond donors (Lipinski definition) is 1. The zero-order valence-electron chi connectivity index (χ0n) is 12.0. The minimum atomic E-state index is -3.59. The van der Waals surface area contributed by atoms with E-state index in [1.54, 1.807) is 4.57 Å². The van der Waals surface area contributed by atoms with Gasteiger partial charge >= 0.3 is 5.97 Å². The molecule has 21 heavy (non-hydrogen) atoms. The first kappa shape index (κ1) is 14.6. The van der Waals surface area contributed by atoms with Gasteiger partial charge in [-0.15, -0.1) is 0 Å². The van der Waals surface area contributed by atoms with Crippen LogP contribution in [0.15, 0.2) is 17.2 Å². The summed E-state index contributed by atoms with van der Waals surface area (Å²) in [6.45, 7) is 2.44. The van der Waals surface area contributed by atoms with Crippen LogP contribution in [0.2, 0.25) is 0 Å². The highest BCUT2D eigenvalue weighted by molar-refractivity contribution is 7.89. The van der Waals surface area contributed by atoms with E-state index >= 15 is 0 Å². The summed E-state index contributed by atoms with van der Waals surface area (Å²) in [6, 6.07) is 1.54. The zero-order chi connectivity index (χ0) is 15.2. The standard InChI is InChI=1S/C14H20N2O4S/c1-2-7-16(11-5-6-11)21(19,20)12-8-13(14(17)18)15(9-12)10-3-4-10/h8-11H,2-7H2,1H3,(H,17,18). The van der Waals surface area contributed by atoms with Gasteiger partial charge in [0.15, 0.2) is 0 Å². The molecule has 0 spiro atoms. The molecule has 0 radical (unpaired) electrons. The Bertz CT molecular complexity index is 657. The Morgan fingerprint density at radius 2 is 2.05 bits per heavy atom. The second-order valence-electron chi connectivity index (χ2n) is 5.85. The van der Waals surface area contributed by atoms with Crippen molar-refractivity contribution in [3.8, 4) is 0 Å². The zero-order valence-corrected chi connectivity index (χ0v) is 12.8. The Labute approximate surface area is 124 Å². The maximum atomic E-state index is 12.8. The summed E-state index contributed by atoms with van der Waals surface area (Å²) in [6.07, 6.45) is 5.88. The Morgan fingerprint density at radius 3 is 2.52 bits per heavy atom. The summed E-state index contributed by atoms with van der Waals surface area (Å²) in [5.74, 6) is -1.07. The van der Waals surface area contributed by atoms with E-state index in [9.17, 15) is 18.3 Å². The molecule has 0 unspecified atom stereocenters. The molecule has 0 aliphatic heterocycles. The largest absolute Gasteiger partial charge is 0.477 e. The Morgan fingerprint density at radius 1 is 1.38 bits per heavy atom. The van der Waals surface area contributed by atoms with Crippen molar-refractivity contribution in [1.82, 2.24) is 8.87 Å². The van der Waals surface area contributed by atoms with Crippen LogP contribution in [0.4, 0.5) is 0 Å². The van der Waals surface area contributed by atoms with E-state index in [4.69, 9.17) is 0 Å². The predicted molar refractivity (Wildman–Crippen MR) is 76.9 cm³/mol. The highest BCUT2D eigenvalue weighted by atomic mass is 32.2. The molecule has 0 saturated heterocycles. The predicted octanol–water partition coefficient (Wildman–Crippen LogP) is 2.08. The molecule has 2 fully saturated rings. The maximum Gasteiger partial charge on any atom is 0.352 e. The third-order valence-electron chi connectivity index (χ3n) is 3.99. The van der Waals surface area contributed by atoms with Gasteiger partial charge in [0.2, 0.25) is 10.0 Å². The smallest absolute Gasteiger partial charge is 0.352 e. The molecule has 1 aromatic heterocycles. The Kier molecular flexibility index (Phi) is 3.57. The summed E-state index contributed by atoms with van der Waals surface area (Å²) < 4.78 is 28.6. The SMILES string of the molecule is CCCN(C1CC1)S(=O)(=O)c1cc(C(=O)O)n(C2CC2)c1. The molecule has 1 N–H and O–H groups in total. The molecular formula is C14H20N2O4S. The van der Waals surface area contributed by atoms with Gasteiger partial charge in [-0.05, 0) is 38.2 Å². The van der Waals surface area contributed by atoms with E-state index in [-0.39, 0.29) is 22.7 Å². The number of carboxylic acids is 1. The van der Waals surface area contributed by atoms with Crippen LogP contribution in [-0.2, 0) is 10.0 Å². The van der Waals surface area contributed by atoms with Crippen molar-refractivity contribution in [2.75, 3.05) is 6.54 Å². The number of carbonyl (C=O) groups is 1. The highest BCUT2D eigenvalue weighted by Gasteiger charge is 2.39. The van der Waals surface area contributed by atoms with Crippen LogP contribution in [0.25, 0.3) is 0 Å². The van der Waals surface area contributed by atoms with Crippen LogP contribution >= 0.6 is 0 Å². The number of nitrogens with zero attached hydrogens (tertiary/aromatic N) is 2. The molecule has 7 heteroatoms. The summed E-state index contributed by atoms with van der Waals surface area (Å²) in [7, 11) is -3.59. The monoisotopic (exact) mass is 312 g/mol. The van der Waals surface area contributed by atoms with E-state index < -0.39 is 16.0 Å². The van der Waals surface area contributed by atoms with Gasteiger partial charge in [0.05, 0.1) is 0 Å². The van der Waals surface area contributed by atoms with Crippen molar-refractivity contribution >= 4 is 16.0 Å². The van der Waals surface area contributed by atoms with Crippen molar-refractivity contribution in [3.63, 3.8) is 0 Å². The second-order valence-corrected chi connectivity index (χ2v) is 7.74. The number of carboxylic acid groups (broad SMARTS) is 1. The van der Waals surface area contributed by atoms with Gasteiger partial charge in [0, 0.05) is 24.8 Å². The summed E-state index contributed by atoms with van der Waals surface area (Å²) in [4.78, 5) is 11.4. The first-order chi connectivity index (χ1) is 9.95. The number of hydrogen-bond acceptors (Lipinski definition) is 3. The number of aromatic nitrogens is 1. The molecule has 116 valence electrons.